The van der Waals surface area contributed by atoms with E-state index in [-0.39, 0.29) is 15.5 Å². The van der Waals surface area contributed by atoms with E-state index in [0.29, 0.717) is 5.69 Å². The molecule has 0 saturated carbocycles. The number of para-hydroxylation sites is 1. The van der Waals surface area contributed by atoms with E-state index in [1.54, 1.807) is 18.2 Å². The first-order chi connectivity index (χ1) is 14.2. The van der Waals surface area contributed by atoms with Crippen molar-refractivity contribution in [3.8, 4) is 0 Å². The number of nitrogens with one attached hydrogen (secondary N) is 2. The molecule has 0 radical (unpaired) electrons. The molecule has 0 aliphatic rings. The van der Waals surface area contributed by atoms with Crippen molar-refractivity contribution in [3.63, 3.8) is 0 Å². The molecular weight excluding hydrogens is 420 g/mol. The van der Waals surface area contributed by atoms with Gasteiger partial charge in [-0.3, -0.25) is 9.52 Å². The maximum Gasteiger partial charge on any atom is 0.263 e. The minimum atomic E-state index is -3.97. The third-order valence-electron chi connectivity index (χ3n) is 4.73. The summed E-state index contributed by atoms with van der Waals surface area (Å²) in [6, 6.07) is 17.0. The van der Waals surface area contributed by atoms with Gasteiger partial charge in [0.15, 0.2) is 0 Å². The van der Waals surface area contributed by atoms with Gasteiger partial charge in [0.1, 0.15) is 4.90 Å². The fraction of sp³-hybridized carbons (Fsp3) is 0.174. The Labute approximate surface area is 182 Å². The number of benzene rings is 3. The Morgan fingerprint density at radius 3 is 2.43 bits per heavy atom. The molecule has 3 rings (SSSR count). The Morgan fingerprint density at radius 1 is 1.00 bits per heavy atom. The highest BCUT2D eigenvalue weighted by Crippen LogP contribution is 2.27. The highest BCUT2D eigenvalue weighted by Gasteiger charge is 2.21. The quantitative estimate of drug-likeness (QED) is 0.523. The number of aryl methyl sites for hydroxylation is 3. The van der Waals surface area contributed by atoms with E-state index in [2.05, 4.69) is 10.0 Å². The number of hydrogen-bond acceptors (Lipinski definition) is 3. The van der Waals surface area contributed by atoms with Crippen molar-refractivity contribution in [2.45, 2.75) is 32.1 Å². The standard InChI is InChI=1S/C23H23ClN2O3S/c1-4-17-9-6-8-16(3)22(17)25-23(27)18-11-12-20(24)21(14-18)30(28,29)26-19-10-5-7-15(2)13-19/h5-14,26H,4H2,1-3H3,(H,25,27). The zero-order chi connectivity index (χ0) is 21.9. The van der Waals surface area contributed by atoms with Gasteiger partial charge in [0.05, 0.1) is 5.02 Å². The van der Waals surface area contributed by atoms with Crippen molar-refractivity contribution in [3.05, 3.63) is 87.9 Å². The number of amides is 1. The summed E-state index contributed by atoms with van der Waals surface area (Å²) in [5.41, 5.74) is 4.22. The molecule has 0 aliphatic carbocycles. The first kappa shape index (κ1) is 21.9. The second-order valence-electron chi connectivity index (χ2n) is 7.04. The van der Waals surface area contributed by atoms with Gasteiger partial charge < -0.3 is 5.32 Å². The molecule has 1 amide bonds. The predicted octanol–water partition coefficient (Wildman–Crippen LogP) is 5.57. The second-order valence-corrected chi connectivity index (χ2v) is 9.09. The maximum atomic E-state index is 12.9. The van der Waals surface area contributed by atoms with Crippen LogP contribution in [0.15, 0.2) is 65.6 Å². The summed E-state index contributed by atoms with van der Waals surface area (Å²) < 4.78 is 28.3. The highest BCUT2D eigenvalue weighted by molar-refractivity contribution is 7.92. The summed E-state index contributed by atoms with van der Waals surface area (Å²) in [6.45, 7) is 5.79. The lowest BCUT2D eigenvalue weighted by molar-refractivity contribution is 0.102. The normalized spacial score (nSPS) is 11.2. The number of hydrogen-bond donors (Lipinski definition) is 2. The average Bonchev–Trinajstić information content (AvgIpc) is 2.69. The third-order valence-corrected chi connectivity index (χ3v) is 6.59. The average molecular weight is 443 g/mol. The van der Waals surface area contributed by atoms with Crippen LogP contribution in [0.5, 0.6) is 0 Å². The van der Waals surface area contributed by atoms with Crippen molar-refractivity contribution in [1.29, 1.82) is 0 Å². The van der Waals surface area contributed by atoms with Crippen LogP contribution in [0.25, 0.3) is 0 Å². The first-order valence-corrected chi connectivity index (χ1v) is 11.4. The summed E-state index contributed by atoms with van der Waals surface area (Å²) in [7, 11) is -3.97. The van der Waals surface area contributed by atoms with Crippen LogP contribution in [0.2, 0.25) is 5.02 Å². The molecule has 156 valence electrons. The van der Waals surface area contributed by atoms with Gasteiger partial charge in [-0.05, 0) is 67.3 Å². The number of carbonyl (C=O) groups is 1. The summed E-state index contributed by atoms with van der Waals surface area (Å²) in [5.74, 6) is -0.400. The summed E-state index contributed by atoms with van der Waals surface area (Å²) in [4.78, 5) is 12.7. The Balaban J connectivity index is 1.92. The largest absolute Gasteiger partial charge is 0.321 e. The lowest BCUT2D eigenvalue weighted by atomic mass is 10.1. The van der Waals surface area contributed by atoms with E-state index >= 15 is 0 Å². The van der Waals surface area contributed by atoms with E-state index in [0.717, 1.165) is 28.8 Å². The third kappa shape index (κ3) is 4.83. The van der Waals surface area contributed by atoms with E-state index in [1.807, 2.05) is 45.0 Å². The van der Waals surface area contributed by atoms with Crippen LogP contribution in [-0.2, 0) is 16.4 Å². The molecule has 7 heteroatoms. The van der Waals surface area contributed by atoms with E-state index < -0.39 is 15.9 Å². The molecule has 0 bridgehead atoms. The first-order valence-electron chi connectivity index (χ1n) is 9.50. The smallest absolute Gasteiger partial charge is 0.263 e. The summed E-state index contributed by atoms with van der Waals surface area (Å²) in [6.07, 6.45) is 0.762. The molecule has 0 spiro atoms. The molecule has 0 heterocycles. The van der Waals surface area contributed by atoms with Gasteiger partial charge in [-0.15, -0.1) is 0 Å². The Hall–Kier alpha value is -2.83. The molecular formula is C23H23ClN2O3S. The van der Waals surface area contributed by atoms with Crippen LogP contribution in [-0.4, -0.2) is 14.3 Å². The van der Waals surface area contributed by atoms with Crippen molar-refractivity contribution in [2.75, 3.05) is 10.0 Å². The van der Waals surface area contributed by atoms with Crippen molar-refractivity contribution < 1.29 is 13.2 Å². The number of carbonyl (C=O) groups excluding carboxylic acids is 1. The summed E-state index contributed by atoms with van der Waals surface area (Å²) >= 11 is 6.17. The molecule has 0 unspecified atom stereocenters. The zero-order valence-electron chi connectivity index (χ0n) is 17.0. The molecule has 0 fully saturated rings. The molecule has 5 nitrogen and oxygen atoms in total. The lowest BCUT2D eigenvalue weighted by Crippen LogP contribution is -2.17. The predicted molar refractivity (Wildman–Crippen MR) is 122 cm³/mol. The number of sulfonamides is 1. The number of anilines is 2. The minimum absolute atomic E-state index is 0.0387. The van der Waals surface area contributed by atoms with Gasteiger partial charge in [0, 0.05) is 16.9 Å². The van der Waals surface area contributed by atoms with Crippen molar-refractivity contribution in [2.24, 2.45) is 0 Å². The van der Waals surface area contributed by atoms with Crippen LogP contribution in [0.1, 0.15) is 34.0 Å². The van der Waals surface area contributed by atoms with Gasteiger partial charge in [-0.1, -0.05) is 48.9 Å². The molecule has 2 N–H and O–H groups in total. The molecule has 0 aliphatic heterocycles. The topological polar surface area (TPSA) is 75.3 Å². The van der Waals surface area contributed by atoms with Crippen LogP contribution in [0.4, 0.5) is 11.4 Å². The molecule has 0 aromatic heterocycles. The van der Waals surface area contributed by atoms with Crippen molar-refractivity contribution in [1.82, 2.24) is 0 Å². The monoisotopic (exact) mass is 442 g/mol. The fourth-order valence-electron chi connectivity index (χ4n) is 3.16. The Bertz CT molecular complexity index is 1210. The number of rotatable bonds is 6. The molecule has 0 saturated heterocycles. The van der Waals surface area contributed by atoms with E-state index in [9.17, 15) is 13.2 Å². The molecule has 3 aromatic carbocycles. The van der Waals surface area contributed by atoms with Crippen LogP contribution >= 0.6 is 11.6 Å². The van der Waals surface area contributed by atoms with Crippen LogP contribution < -0.4 is 10.0 Å². The molecule has 0 atom stereocenters. The van der Waals surface area contributed by atoms with Crippen molar-refractivity contribution >= 4 is 38.9 Å². The second kappa shape index (κ2) is 8.90. The van der Waals surface area contributed by atoms with E-state index in [4.69, 9.17) is 11.6 Å². The van der Waals surface area contributed by atoms with Gasteiger partial charge in [-0.2, -0.15) is 0 Å². The Kier molecular flexibility index (Phi) is 6.48. The van der Waals surface area contributed by atoms with Crippen LogP contribution in [0.3, 0.4) is 0 Å². The minimum Gasteiger partial charge on any atom is -0.321 e. The molecule has 3 aromatic rings. The fourth-order valence-corrected chi connectivity index (χ4v) is 4.73. The Morgan fingerprint density at radius 2 is 1.73 bits per heavy atom. The van der Waals surface area contributed by atoms with E-state index in [1.165, 1.54) is 18.2 Å². The van der Waals surface area contributed by atoms with Gasteiger partial charge in [-0.25, -0.2) is 8.42 Å². The van der Waals surface area contributed by atoms with Gasteiger partial charge in [0.2, 0.25) is 0 Å². The van der Waals surface area contributed by atoms with Crippen LogP contribution in [0, 0.1) is 13.8 Å². The SMILES string of the molecule is CCc1cccc(C)c1NC(=O)c1ccc(Cl)c(S(=O)(=O)Nc2cccc(C)c2)c1. The molecule has 30 heavy (non-hydrogen) atoms. The number of halogens is 1. The highest BCUT2D eigenvalue weighted by atomic mass is 35.5. The van der Waals surface area contributed by atoms with Gasteiger partial charge in [0.25, 0.3) is 15.9 Å². The lowest BCUT2D eigenvalue weighted by Gasteiger charge is -2.14. The zero-order valence-corrected chi connectivity index (χ0v) is 18.6. The maximum absolute atomic E-state index is 12.9. The van der Waals surface area contributed by atoms with Gasteiger partial charge >= 0.3 is 0 Å². The summed E-state index contributed by atoms with van der Waals surface area (Å²) in [5, 5.41) is 2.94.